The Hall–Kier alpha value is -0.810. The van der Waals surface area contributed by atoms with Crippen molar-refractivity contribution in [1.82, 2.24) is 10.2 Å². The van der Waals surface area contributed by atoms with E-state index >= 15 is 0 Å². The van der Waals surface area contributed by atoms with Gasteiger partial charge in [-0.3, -0.25) is 0 Å². The predicted octanol–water partition coefficient (Wildman–Crippen LogP) is -0.291. The van der Waals surface area contributed by atoms with Crippen LogP contribution in [0, 0.1) is 5.92 Å². The number of carboxylic acid groups (broad SMARTS) is 1. The molecule has 0 aromatic carbocycles. The molecule has 5 nitrogen and oxygen atoms in total. The Morgan fingerprint density at radius 1 is 1.43 bits per heavy atom. The van der Waals surface area contributed by atoms with E-state index < -0.39 is 12.2 Å². The molecule has 1 saturated carbocycles. The van der Waals surface area contributed by atoms with Crippen LogP contribution in [0.5, 0.6) is 0 Å². The fourth-order valence-electron chi connectivity index (χ4n) is 1.82. The maximum Gasteiger partial charge on any atom is 0.407 e. The van der Waals surface area contributed by atoms with Crippen LogP contribution in [0.1, 0.15) is 12.8 Å². The van der Waals surface area contributed by atoms with Gasteiger partial charge < -0.3 is 20.4 Å². The van der Waals surface area contributed by atoms with Crippen molar-refractivity contribution in [1.29, 1.82) is 0 Å². The molecule has 1 unspecified atom stereocenters. The second kappa shape index (κ2) is 3.74. The van der Waals surface area contributed by atoms with E-state index in [0.29, 0.717) is 12.6 Å². The lowest BCUT2D eigenvalue weighted by atomic mass is 10.1. The topological polar surface area (TPSA) is 72.8 Å². The van der Waals surface area contributed by atoms with E-state index in [0.717, 1.165) is 6.54 Å². The first-order valence-corrected chi connectivity index (χ1v) is 5.06. The summed E-state index contributed by atoms with van der Waals surface area (Å²) >= 11 is 0. The maximum atomic E-state index is 10.6. The van der Waals surface area contributed by atoms with Crippen molar-refractivity contribution in [2.24, 2.45) is 5.92 Å². The van der Waals surface area contributed by atoms with Crippen molar-refractivity contribution < 1.29 is 15.0 Å². The highest BCUT2D eigenvalue weighted by Crippen LogP contribution is 2.21. The molecule has 2 atom stereocenters. The lowest BCUT2D eigenvalue weighted by molar-refractivity contribution is 0.131. The van der Waals surface area contributed by atoms with Crippen LogP contribution >= 0.6 is 0 Å². The third kappa shape index (κ3) is 2.16. The Kier molecular flexibility index (Phi) is 2.60. The summed E-state index contributed by atoms with van der Waals surface area (Å²) in [7, 11) is 0. The summed E-state index contributed by atoms with van der Waals surface area (Å²) in [6, 6.07) is 0.612. The van der Waals surface area contributed by atoms with Gasteiger partial charge in [0.15, 0.2) is 0 Å². The summed E-state index contributed by atoms with van der Waals surface area (Å²) in [6.45, 7) is 1.44. The first-order chi connectivity index (χ1) is 6.66. The standard InChI is InChI=1S/C9H16N2O3/c12-8-5-11(9(13)14)4-6(8)3-10-7-1-2-7/h6-8,10,12H,1-5H2,(H,13,14)/t6-,8?/m0/s1. The van der Waals surface area contributed by atoms with E-state index in [1.54, 1.807) is 0 Å². The van der Waals surface area contributed by atoms with Gasteiger partial charge in [-0.05, 0) is 12.8 Å². The molecule has 1 aliphatic carbocycles. The van der Waals surface area contributed by atoms with Crippen molar-refractivity contribution in [3.8, 4) is 0 Å². The van der Waals surface area contributed by atoms with Gasteiger partial charge in [0.25, 0.3) is 0 Å². The Labute approximate surface area is 82.7 Å². The molecule has 1 aliphatic heterocycles. The Bertz CT molecular complexity index is 230. The maximum absolute atomic E-state index is 10.6. The molecular formula is C9H16N2O3. The van der Waals surface area contributed by atoms with E-state index in [-0.39, 0.29) is 12.5 Å². The summed E-state index contributed by atoms with van der Waals surface area (Å²) in [4.78, 5) is 11.9. The zero-order valence-electron chi connectivity index (χ0n) is 8.02. The minimum Gasteiger partial charge on any atom is -0.465 e. The number of aliphatic hydroxyl groups excluding tert-OH is 1. The SMILES string of the molecule is O=C(O)N1CC(O)[C@@H](CNC2CC2)C1. The number of rotatable bonds is 3. The van der Waals surface area contributed by atoms with Crippen LogP contribution in [0.2, 0.25) is 0 Å². The van der Waals surface area contributed by atoms with Crippen molar-refractivity contribution >= 4 is 6.09 Å². The van der Waals surface area contributed by atoms with Crippen molar-refractivity contribution in [2.75, 3.05) is 19.6 Å². The molecule has 0 spiro atoms. The molecule has 0 aromatic heterocycles. The van der Waals surface area contributed by atoms with Crippen molar-refractivity contribution in [3.05, 3.63) is 0 Å². The molecule has 2 aliphatic rings. The van der Waals surface area contributed by atoms with Gasteiger partial charge >= 0.3 is 6.09 Å². The summed E-state index contributed by atoms with van der Waals surface area (Å²) < 4.78 is 0. The molecule has 5 heteroatoms. The van der Waals surface area contributed by atoms with E-state index in [4.69, 9.17) is 5.11 Å². The van der Waals surface area contributed by atoms with Gasteiger partial charge in [0.05, 0.1) is 12.6 Å². The van der Waals surface area contributed by atoms with Gasteiger partial charge in [-0.1, -0.05) is 0 Å². The highest BCUT2D eigenvalue weighted by molar-refractivity contribution is 5.65. The molecule has 80 valence electrons. The molecule has 2 rings (SSSR count). The molecule has 3 N–H and O–H groups in total. The lowest BCUT2D eigenvalue weighted by Gasteiger charge is -2.13. The predicted molar refractivity (Wildman–Crippen MR) is 50.1 cm³/mol. The van der Waals surface area contributed by atoms with Crippen molar-refractivity contribution in [3.63, 3.8) is 0 Å². The highest BCUT2D eigenvalue weighted by Gasteiger charge is 2.34. The molecule has 0 bridgehead atoms. The summed E-state index contributed by atoms with van der Waals surface area (Å²) in [6.07, 6.45) is 0.993. The second-order valence-corrected chi connectivity index (χ2v) is 4.20. The van der Waals surface area contributed by atoms with Gasteiger partial charge in [0.1, 0.15) is 0 Å². The Morgan fingerprint density at radius 2 is 2.14 bits per heavy atom. The number of hydrogen-bond donors (Lipinski definition) is 3. The van der Waals surface area contributed by atoms with Crippen molar-refractivity contribution in [2.45, 2.75) is 25.0 Å². The third-order valence-corrected chi connectivity index (χ3v) is 2.92. The monoisotopic (exact) mass is 200 g/mol. The molecule has 1 amide bonds. The van der Waals surface area contributed by atoms with Crippen LogP contribution in [0.25, 0.3) is 0 Å². The normalized spacial score (nSPS) is 32.2. The first-order valence-electron chi connectivity index (χ1n) is 5.06. The number of hydrogen-bond acceptors (Lipinski definition) is 3. The molecule has 1 saturated heterocycles. The number of aliphatic hydroxyl groups is 1. The number of amides is 1. The molecule has 2 fully saturated rings. The van der Waals surface area contributed by atoms with Gasteiger partial charge in [0.2, 0.25) is 0 Å². The van der Waals surface area contributed by atoms with Crippen LogP contribution < -0.4 is 5.32 Å². The average Bonchev–Trinajstić information content (AvgIpc) is 2.87. The van der Waals surface area contributed by atoms with Crippen LogP contribution in [0.15, 0.2) is 0 Å². The molecule has 14 heavy (non-hydrogen) atoms. The van der Waals surface area contributed by atoms with Gasteiger partial charge in [-0.25, -0.2) is 4.79 Å². The van der Waals surface area contributed by atoms with Gasteiger partial charge in [-0.15, -0.1) is 0 Å². The summed E-state index contributed by atoms with van der Waals surface area (Å²) in [5.74, 6) is 0.0618. The fraction of sp³-hybridized carbons (Fsp3) is 0.889. The van der Waals surface area contributed by atoms with Crippen LogP contribution in [-0.2, 0) is 0 Å². The largest absolute Gasteiger partial charge is 0.465 e. The van der Waals surface area contributed by atoms with E-state index in [9.17, 15) is 9.90 Å². The number of carbonyl (C=O) groups is 1. The third-order valence-electron chi connectivity index (χ3n) is 2.92. The average molecular weight is 200 g/mol. The second-order valence-electron chi connectivity index (χ2n) is 4.20. The van der Waals surface area contributed by atoms with Crippen LogP contribution in [0.4, 0.5) is 4.79 Å². The molecular weight excluding hydrogens is 184 g/mol. The minimum absolute atomic E-state index is 0.0618. The number of β-amino-alcohol motifs (C(OH)–C–C–N with tert-alkyl or cyclic N) is 1. The fourth-order valence-corrected chi connectivity index (χ4v) is 1.82. The number of likely N-dealkylation sites (tertiary alicyclic amines) is 1. The van der Waals surface area contributed by atoms with Crippen LogP contribution in [0.3, 0.4) is 0 Å². The molecule has 1 heterocycles. The Balaban J connectivity index is 1.77. The number of nitrogens with one attached hydrogen (secondary N) is 1. The highest BCUT2D eigenvalue weighted by atomic mass is 16.4. The zero-order valence-corrected chi connectivity index (χ0v) is 8.02. The molecule has 0 radical (unpaired) electrons. The number of nitrogens with zero attached hydrogens (tertiary/aromatic N) is 1. The minimum atomic E-state index is -0.932. The zero-order chi connectivity index (χ0) is 10.1. The lowest BCUT2D eigenvalue weighted by Crippen LogP contribution is -2.31. The van der Waals surface area contributed by atoms with Crippen LogP contribution in [-0.4, -0.2) is 53.0 Å². The van der Waals surface area contributed by atoms with E-state index in [1.807, 2.05) is 0 Å². The van der Waals surface area contributed by atoms with Gasteiger partial charge in [-0.2, -0.15) is 0 Å². The summed E-state index contributed by atoms with van der Waals surface area (Å²) in [5.41, 5.74) is 0. The smallest absolute Gasteiger partial charge is 0.407 e. The molecule has 0 aromatic rings. The van der Waals surface area contributed by atoms with E-state index in [2.05, 4.69) is 5.32 Å². The van der Waals surface area contributed by atoms with Gasteiger partial charge in [0, 0.05) is 25.0 Å². The summed E-state index contributed by atoms with van der Waals surface area (Å²) in [5, 5.41) is 21.6. The Morgan fingerprint density at radius 3 is 2.64 bits per heavy atom. The van der Waals surface area contributed by atoms with E-state index in [1.165, 1.54) is 17.7 Å². The first kappa shape index (κ1) is 9.73. The quantitative estimate of drug-likeness (QED) is 0.585.